The molecule has 1 heterocycles. The van der Waals surface area contributed by atoms with E-state index in [1.807, 2.05) is 12.3 Å². The van der Waals surface area contributed by atoms with E-state index >= 15 is 0 Å². The van der Waals surface area contributed by atoms with Crippen LogP contribution in [0.5, 0.6) is 5.75 Å². The number of hydrogen-bond acceptors (Lipinski definition) is 3. The zero-order chi connectivity index (χ0) is 11.3. The molecule has 0 saturated heterocycles. The van der Waals surface area contributed by atoms with E-state index in [0.29, 0.717) is 10.6 Å². The van der Waals surface area contributed by atoms with E-state index in [-0.39, 0.29) is 11.9 Å². The Morgan fingerprint density at radius 2 is 2.53 bits per heavy atom. The van der Waals surface area contributed by atoms with Gasteiger partial charge in [-0.15, -0.1) is 17.8 Å². The lowest BCUT2D eigenvalue weighted by molar-refractivity contribution is 0.0946. The van der Waals surface area contributed by atoms with Gasteiger partial charge in [-0.25, -0.2) is 0 Å². The Morgan fingerprint density at radius 3 is 3.07 bits per heavy atom. The van der Waals surface area contributed by atoms with Crippen molar-refractivity contribution in [3.05, 3.63) is 16.3 Å². The Balaban J connectivity index is 2.73. The van der Waals surface area contributed by atoms with Crippen LogP contribution < -0.4 is 10.1 Å². The highest BCUT2D eigenvalue weighted by molar-refractivity contribution is 7.12. The Hall–Kier alpha value is -1.47. The van der Waals surface area contributed by atoms with E-state index in [2.05, 4.69) is 11.2 Å². The normalized spacial score (nSPS) is 11.5. The average molecular weight is 223 g/mol. The summed E-state index contributed by atoms with van der Waals surface area (Å²) < 4.78 is 5.05. The third kappa shape index (κ3) is 2.74. The lowest BCUT2D eigenvalue weighted by atomic mass is 10.2. The van der Waals surface area contributed by atoms with Crippen LogP contribution in [0.25, 0.3) is 0 Å². The first-order valence-corrected chi connectivity index (χ1v) is 5.49. The molecule has 1 unspecified atom stereocenters. The van der Waals surface area contributed by atoms with Gasteiger partial charge < -0.3 is 10.1 Å². The molecule has 0 bridgehead atoms. The molecule has 0 aliphatic rings. The minimum absolute atomic E-state index is 0.174. The fourth-order valence-electron chi connectivity index (χ4n) is 1.11. The fraction of sp³-hybridized carbons (Fsp3) is 0.364. The molecule has 0 aliphatic heterocycles. The predicted molar refractivity (Wildman–Crippen MR) is 61.2 cm³/mol. The zero-order valence-electron chi connectivity index (χ0n) is 8.74. The number of carbonyl (C=O) groups excluding carboxylic acids is 1. The molecule has 0 fully saturated rings. The second-order valence-electron chi connectivity index (χ2n) is 2.92. The molecule has 1 atom stereocenters. The van der Waals surface area contributed by atoms with Crippen LogP contribution in [0.2, 0.25) is 0 Å². The summed E-state index contributed by atoms with van der Waals surface area (Å²) in [6.07, 6.45) is 5.98. The maximum Gasteiger partial charge on any atom is 0.266 e. The number of thiophene rings is 1. The van der Waals surface area contributed by atoms with Gasteiger partial charge in [-0.1, -0.05) is 12.8 Å². The summed E-state index contributed by atoms with van der Waals surface area (Å²) in [7, 11) is 1.54. The molecule has 0 aliphatic carbocycles. The molecule has 80 valence electrons. The predicted octanol–water partition coefficient (Wildman–Crippen LogP) is 1.90. The summed E-state index contributed by atoms with van der Waals surface area (Å²) in [6.45, 7) is 1.93. The first-order valence-electron chi connectivity index (χ1n) is 4.61. The summed E-state index contributed by atoms with van der Waals surface area (Å²) in [6, 6.07) is 1.54. The maximum absolute atomic E-state index is 11.7. The highest BCUT2D eigenvalue weighted by Gasteiger charge is 2.15. The van der Waals surface area contributed by atoms with Gasteiger partial charge in [-0.05, 0) is 17.9 Å². The number of carbonyl (C=O) groups is 1. The summed E-state index contributed by atoms with van der Waals surface area (Å²) >= 11 is 1.34. The molecule has 1 aromatic heterocycles. The lowest BCUT2D eigenvalue weighted by Crippen LogP contribution is -2.32. The van der Waals surface area contributed by atoms with Gasteiger partial charge in [-0.2, -0.15) is 0 Å². The number of methoxy groups -OCH3 is 1. The smallest absolute Gasteiger partial charge is 0.266 e. The molecule has 15 heavy (non-hydrogen) atoms. The molecule has 0 radical (unpaired) electrons. The topological polar surface area (TPSA) is 38.3 Å². The Bertz CT molecular complexity index is 378. The van der Waals surface area contributed by atoms with Crippen molar-refractivity contribution in [1.29, 1.82) is 0 Å². The van der Waals surface area contributed by atoms with E-state index < -0.39 is 0 Å². The van der Waals surface area contributed by atoms with Gasteiger partial charge in [0.25, 0.3) is 5.91 Å². The van der Waals surface area contributed by atoms with Crippen molar-refractivity contribution in [2.75, 3.05) is 7.11 Å². The van der Waals surface area contributed by atoms with Crippen molar-refractivity contribution in [2.24, 2.45) is 0 Å². The van der Waals surface area contributed by atoms with Crippen molar-refractivity contribution in [3.63, 3.8) is 0 Å². The van der Waals surface area contributed by atoms with E-state index in [9.17, 15) is 4.79 Å². The second-order valence-corrected chi connectivity index (χ2v) is 3.84. The average Bonchev–Trinajstić information content (AvgIpc) is 2.73. The monoisotopic (exact) mass is 223 g/mol. The molecule has 1 N–H and O–H groups in total. The SMILES string of the molecule is C#CC(CC)NC(=O)c1sccc1OC. The third-order valence-corrected chi connectivity index (χ3v) is 2.86. The second kappa shape index (κ2) is 5.42. The minimum Gasteiger partial charge on any atom is -0.495 e. The van der Waals surface area contributed by atoms with Gasteiger partial charge in [-0.3, -0.25) is 4.79 Å². The number of nitrogens with one attached hydrogen (secondary N) is 1. The Labute approximate surface area is 93.5 Å². The van der Waals surface area contributed by atoms with Gasteiger partial charge in [0.2, 0.25) is 0 Å². The number of ether oxygens (including phenoxy) is 1. The number of hydrogen-bond donors (Lipinski definition) is 1. The molecule has 0 saturated carbocycles. The highest BCUT2D eigenvalue weighted by atomic mass is 32.1. The first-order chi connectivity index (χ1) is 7.22. The molecular formula is C11H13NO2S. The fourth-order valence-corrected chi connectivity index (χ4v) is 1.87. The molecule has 0 aromatic carbocycles. The van der Waals surface area contributed by atoms with Crippen LogP contribution in [0.15, 0.2) is 11.4 Å². The molecule has 4 heteroatoms. The van der Waals surface area contributed by atoms with Crippen LogP contribution in [0.4, 0.5) is 0 Å². The van der Waals surface area contributed by atoms with Crippen LogP contribution in [0.3, 0.4) is 0 Å². The minimum atomic E-state index is -0.218. The molecule has 0 spiro atoms. The zero-order valence-corrected chi connectivity index (χ0v) is 9.56. The van der Waals surface area contributed by atoms with Gasteiger partial charge in [0.15, 0.2) is 0 Å². The van der Waals surface area contributed by atoms with E-state index in [1.165, 1.54) is 18.4 Å². The molecule has 1 aromatic rings. The quantitative estimate of drug-likeness (QED) is 0.792. The standard InChI is InChI=1S/C11H13NO2S/c1-4-8(5-2)12-11(13)10-9(14-3)6-7-15-10/h1,6-8H,5H2,2-3H3,(H,12,13). The van der Waals surface area contributed by atoms with Crippen molar-refractivity contribution in [2.45, 2.75) is 19.4 Å². The van der Waals surface area contributed by atoms with E-state index in [0.717, 1.165) is 6.42 Å². The van der Waals surface area contributed by atoms with Crippen molar-refractivity contribution < 1.29 is 9.53 Å². The highest BCUT2D eigenvalue weighted by Crippen LogP contribution is 2.24. The lowest BCUT2D eigenvalue weighted by Gasteiger charge is -2.10. The first kappa shape index (κ1) is 11.6. The van der Waals surface area contributed by atoms with Crippen LogP contribution >= 0.6 is 11.3 Å². The van der Waals surface area contributed by atoms with Crippen LogP contribution in [0, 0.1) is 12.3 Å². The summed E-state index contributed by atoms with van der Waals surface area (Å²) in [4.78, 5) is 12.3. The summed E-state index contributed by atoms with van der Waals surface area (Å²) in [5.74, 6) is 2.93. The van der Waals surface area contributed by atoms with E-state index in [4.69, 9.17) is 11.2 Å². The summed E-state index contributed by atoms with van der Waals surface area (Å²) in [5.41, 5.74) is 0. The van der Waals surface area contributed by atoms with E-state index in [1.54, 1.807) is 6.07 Å². The van der Waals surface area contributed by atoms with Gasteiger partial charge in [0, 0.05) is 0 Å². The molecule has 1 amide bonds. The molecule has 3 nitrogen and oxygen atoms in total. The maximum atomic E-state index is 11.7. The third-order valence-electron chi connectivity index (χ3n) is 1.97. The van der Waals surface area contributed by atoms with Gasteiger partial charge in [0.1, 0.15) is 10.6 Å². The van der Waals surface area contributed by atoms with Crippen molar-refractivity contribution in [3.8, 4) is 18.1 Å². The number of terminal acetylenes is 1. The largest absolute Gasteiger partial charge is 0.495 e. The molecule has 1 rings (SSSR count). The van der Waals surface area contributed by atoms with Gasteiger partial charge >= 0.3 is 0 Å². The van der Waals surface area contributed by atoms with Crippen molar-refractivity contribution >= 4 is 17.2 Å². The van der Waals surface area contributed by atoms with Gasteiger partial charge in [0.05, 0.1) is 13.2 Å². The van der Waals surface area contributed by atoms with Crippen LogP contribution in [-0.2, 0) is 0 Å². The Kier molecular flexibility index (Phi) is 4.19. The summed E-state index contributed by atoms with van der Waals surface area (Å²) in [5, 5.41) is 4.56. The van der Waals surface area contributed by atoms with Crippen LogP contribution in [0.1, 0.15) is 23.0 Å². The Morgan fingerprint density at radius 1 is 1.80 bits per heavy atom. The van der Waals surface area contributed by atoms with Crippen molar-refractivity contribution in [1.82, 2.24) is 5.32 Å². The molecular weight excluding hydrogens is 210 g/mol. The number of rotatable bonds is 4. The number of amides is 1. The van der Waals surface area contributed by atoms with Crippen LogP contribution in [-0.4, -0.2) is 19.1 Å².